The number of nitrogens with zero attached hydrogens (tertiary/aromatic N) is 2. The van der Waals surface area contributed by atoms with Crippen molar-refractivity contribution >= 4 is 5.91 Å². The third-order valence-electron chi connectivity index (χ3n) is 5.18. The van der Waals surface area contributed by atoms with E-state index in [1.54, 1.807) is 21.3 Å². The lowest BCUT2D eigenvalue weighted by atomic mass is 10.1. The average Bonchev–Trinajstić information content (AvgIpc) is 2.89. The molecule has 2 bridgehead atoms. The minimum absolute atomic E-state index is 0.117. The molecule has 2 aliphatic heterocycles. The number of fused-ring (bicyclic) bond motifs is 3. The molecule has 0 saturated carbocycles. The van der Waals surface area contributed by atoms with Crippen LogP contribution in [0.25, 0.3) is 0 Å². The van der Waals surface area contributed by atoms with Crippen molar-refractivity contribution in [2.24, 2.45) is 5.92 Å². The first kappa shape index (κ1) is 18.8. The van der Waals surface area contributed by atoms with Gasteiger partial charge in [-0.15, -0.1) is 0 Å². The topological polar surface area (TPSA) is 60.5 Å². The molecule has 0 radical (unpaired) electrons. The SMILES string of the molecule is COc1cc(CC(=O)N2C[C@@H]3COC[C@H](C2)N(C)C3)cc(OC)c1OC. The van der Waals surface area contributed by atoms with Crippen LogP contribution in [0, 0.1) is 5.92 Å². The summed E-state index contributed by atoms with van der Waals surface area (Å²) in [6.45, 7) is 3.81. The molecular formula is C19H28N2O5. The van der Waals surface area contributed by atoms with Gasteiger partial charge < -0.3 is 23.8 Å². The number of hydrogen-bond acceptors (Lipinski definition) is 6. The Balaban J connectivity index is 1.77. The summed E-state index contributed by atoms with van der Waals surface area (Å²) in [6, 6.07) is 3.94. The van der Waals surface area contributed by atoms with E-state index in [0.29, 0.717) is 42.7 Å². The minimum Gasteiger partial charge on any atom is -0.493 e. The highest BCUT2D eigenvalue weighted by molar-refractivity contribution is 5.79. The summed E-state index contributed by atoms with van der Waals surface area (Å²) in [5, 5.41) is 0. The summed E-state index contributed by atoms with van der Waals surface area (Å²) in [7, 11) is 6.84. The summed E-state index contributed by atoms with van der Waals surface area (Å²) in [6.07, 6.45) is 0.306. The minimum atomic E-state index is 0.117. The van der Waals surface area contributed by atoms with E-state index in [4.69, 9.17) is 18.9 Å². The van der Waals surface area contributed by atoms with Crippen LogP contribution in [-0.2, 0) is 16.0 Å². The fourth-order valence-electron chi connectivity index (χ4n) is 3.78. The summed E-state index contributed by atoms with van der Waals surface area (Å²) in [5.41, 5.74) is 0.850. The van der Waals surface area contributed by atoms with Gasteiger partial charge in [-0.3, -0.25) is 9.69 Å². The number of benzene rings is 1. The van der Waals surface area contributed by atoms with Gasteiger partial charge in [0, 0.05) is 25.6 Å². The predicted molar refractivity (Wildman–Crippen MR) is 97.1 cm³/mol. The number of rotatable bonds is 5. The zero-order valence-corrected chi connectivity index (χ0v) is 16.0. The van der Waals surface area contributed by atoms with Crippen molar-refractivity contribution in [3.05, 3.63) is 17.7 Å². The number of likely N-dealkylation sites (N-methyl/N-ethyl adjacent to an activating group) is 1. The molecule has 1 amide bonds. The van der Waals surface area contributed by atoms with Gasteiger partial charge in [0.1, 0.15) is 0 Å². The Hall–Kier alpha value is -1.99. The van der Waals surface area contributed by atoms with E-state index in [2.05, 4.69) is 11.9 Å². The smallest absolute Gasteiger partial charge is 0.227 e. The standard InChI is InChI=1S/C19H28N2O5/c1-20-8-14-9-21(10-15(20)12-26-11-14)18(22)7-13-5-16(23-2)19(25-4)17(6-13)24-3/h5-6,14-15H,7-12H2,1-4H3/t14-,15+/m1/s1. The second kappa shape index (κ2) is 8.14. The van der Waals surface area contributed by atoms with Crippen LogP contribution >= 0.6 is 0 Å². The van der Waals surface area contributed by atoms with Crippen LogP contribution in [0.3, 0.4) is 0 Å². The van der Waals surface area contributed by atoms with Crippen molar-refractivity contribution in [3.8, 4) is 17.2 Å². The first-order chi connectivity index (χ1) is 12.5. The van der Waals surface area contributed by atoms with Crippen LogP contribution in [0.15, 0.2) is 12.1 Å². The predicted octanol–water partition coefficient (Wildman–Crippen LogP) is 1.04. The van der Waals surface area contributed by atoms with E-state index in [1.807, 2.05) is 17.0 Å². The fourth-order valence-corrected chi connectivity index (χ4v) is 3.78. The van der Waals surface area contributed by atoms with Gasteiger partial charge in [-0.25, -0.2) is 0 Å². The van der Waals surface area contributed by atoms with Gasteiger partial charge in [0.15, 0.2) is 11.5 Å². The summed E-state index contributed by atoms with van der Waals surface area (Å²) < 4.78 is 21.9. The van der Waals surface area contributed by atoms with Crippen molar-refractivity contribution in [3.63, 3.8) is 0 Å². The van der Waals surface area contributed by atoms with Crippen molar-refractivity contribution in [1.29, 1.82) is 0 Å². The Labute approximate surface area is 154 Å². The van der Waals surface area contributed by atoms with Crippen LogP contribution in [0.2, 0.25) is 0 Å². The molecule has 0 aromatic heterocycles. The first-order valence-electron chi connectivity index (χ1n) is 8.90. The number of methoxy groups -OCH3 is 3. The van der Waals surface area contributed by atoms with Crippen molar-refractivity contribution in [2.45, 2.75) is 12.5 Å². The molecule has 0 spiro atoms. The molecule has 2 fully saturated rings. The first-order valence-corrected chi connectivity index (χ1v) is 8.90. The molecule has 2 atom stereocenters. The molecule has 2 aliphatic rings. The lowest BCUT2D eigenvalue weighted by Crippen LogP contribution is -2.45. The van der Waals surface area contributed by atoms with Crippen LogP contribution in [0.4, 0.5) is 0 Å². The molecule has 0 aliphatic carbocycles. The van der Waals surface area contributed by atoms with Crippen molar-refractivity contribution in [1.82, 2.24) is 9.80 Å². The van der Waals surface area contributed by atoms with E-state index in [1.165, 1.54) is 0 Å². The monoisotopic (exact) mass is 364 g/mol. The molecule has 7 nitrogen and oxygen atoms in total. The molecule has 1 aromatic rings. The van der Waals surface area contributed by atoms with Gasteiger partial charge in [0.25, 0.3) is 0 Å². The van der Waals surface area contributed by atoms with Crippen LogP contribution in [0.5, 0.6) is 17.2 Å². The number of ether oxygens (including phenoxy) is 4. The molecule has 0 unspecified atom stereocenters. The number of carbonyl (C=O) groups is 1. The normalized spacial score (nSPS) is 23.3. The van der Waals surface area contributed by atoms with E-state index >= 15 is 0 Å². The van der Waals surface area contributed by atoms with Gasteiger partial charge in [0.05, 0.1) is 47.0 Å². The van der Waals surface area contributed by atoms with Crippen LogP contribution in [0.1, 0.15) is 5.56 Å². The zero-order valence-electron chi connectivity index (χ0n) is 16.0. The molecule has 3 rings (SSSR count). The van der Waals surface area contributed by atoms with Crippen LogP contribution in [-0.4, -0.2) is 83.0 Å². The molecule has 144 valence electrons. The highest BCUT2D eigenvalue weighted by atomic mass is 16.5. The highest BCUT2D eigenvalue weighted by Crippen LogP contribution is 2.38. The zero-order chi connectivity index (χ0) is 18.7. The Morgan fingerprint density at radius 2 is 1.77 bits per heavy atom. The Bertz CT molecular complexity index is 626. The second-order valence-corrected chi connectivity index (χ2v) is 7.01. The molecular weight excluding hydrogens is 336 g/mol. The number of hydrogen-bond donors (Lipinski definition) is 0. The Kier molecular flexibility index (Phi) is 5.88. The van der Waals surface area contributed by atoms with Gasteiger partial charge >= 0.3 is 0 Å². The lowest BCUT2D eigenvalue weighted by Gasteiger charge is -2.30. The van der Waals surface area contributed by atoms with E-state index in [-0.39, 0.29) is 11.9 Å². The third-order valence-corrected chi connectivity index (χ3v) is 5.18. The number of carbonyl (C=O) groups excluding carboxylic acids is 1. The van der Waals surface area contributed by atoms with Crippen molar-refractivity contribution < 1.29 is 23.7 Å². The quantitative estimate of drug-likeness (QED) is 0.778. The summed E-state index contributed by atoms with van der Waals surface area (Å²) in [5.74, 6) is 2.14. The maximum Gasteiger partial charge on any atom is 0.227 e. The summed E-state index contributed by atoms with van der Waals surface area (Å²) >= 11 is 0. The van der Waals surface area contributed by atoms with E-state index in [9.17, 15) is 4.79 Å². The summed E-state index contributed by atoms with van der Waals surface area (Å²) in [4.78, 5) is 17.3. The molecule has 2 heterocycles. The van der Waals surface area contributed by atoms with Crippen molar-refractivity contribution in [2.75, 3.05) is 61.2 Å². The molecule has 0 N–H and O–H groups in total. The van der Waals surface area contributed by atoms with Gasteiger partial charge in [0.2, 0.25) is 11.7 Å². The maximum absolute atomic E-state index is 13.0. The van der Waals surface area contributed by atoms with Gasteiger partial charge in [-0.05, 0) is 24.7 Å². The largest absolute Gasteiger partial charge is 0.493 e. The Morgan fingerprint density at radius 1 is 1.08 bits per heavy atom. The average molecular weight is 364 g/mol. The van der Waals surface area contributed by atoms with Gasteiger partial charge in [-0.1, -0.05) is 0 Å². The molecule has 2 saturated heterocycles. The second-order valence-electron chi connectivity index (χ2n) is 7.01. The lowest BCUT2D eigenvalue weighted by molar-refractivity contribution is -0.132. The Morgan fingerprint density at radius 3 is 2.38 bits per heavy atom. The fraction of sp³-hybridized carbons (Fsp3) is 0.632. The third kappa shape index (κ3) is 3.88. The number of amides is 1. The maximum atomic E-state index is 13.0. The van der Waals surface area contributed by atoms with E-state index < -0.39 is 0 Å². The molecule has 1 aromatic carbocycles. The van der Waals surface area contributed by atoms with E-state index in [0.717, 1.165) is 25.3 Å². The van der Waals surface area contributed by atoms with Crippen LogP contribution < -0.4 is 14.2 Å². The highest BCUT2D eigenvalue weighted by Gasteiger charge is 2.33. The molecule has 26 heavy (non-hydrogen) atoms. The molecule has 7 heteroatoms. The van der Waals surface area contributed by atoms with Gasteiger partial charge in [-0.2, -0.15) is 0 Å².